The van der Waals surface area contributed by atoms with Gasteiger partial charge in [0.1, 0.15) is 0 Å². The fourth-order valence-electron chi connectivity index (χ4n) is 2.06. The molecule has 19 heavy (non-hydrogen) atoms. The lowest BCUT2D eigenvalue weighted by molar-refractivity contribution is 0.0688. The van der Waals surface area contributed by atoms with Crippen molar-refractivity contribution in [2.75, 3.05) is 6.54 Å². The number of aromatic nitrogens is 2. The van der Waals surface area contributed by atoms with Crippen molar-refractivity contribution >= 4 is 33.2 Å². The van der Waals surface area contributed by atoms with Gasteiger partial charge in [0.2, 0.25) is 0 Å². The molecular weight excluding hydrogens is 330 g/mol. The van der Waals surface area contributed by atoms with E-state index in [-0.39, 0.29) is 5.69 Å². The summed E-state index contributed by atoms with van der Waals surface area (Å²) < 4.78 is 0.951. The van der Waals surface area contributed by atoms with E-state index in [0.29, 0.717) is 17.9 Å². The van der Waals surface area contributed by atoms with Gasteiger partial charge in [0, 0.05) is 34.9 Å². The number of carboxylic acids is 1. The van der Waals surface area contributed by atoms with Crippen LogP contribution in [0.15, 0.2) is 15.9 Å². The highest BCUT2D eigenvalue weighted by Crippen LogP contribution is 2.29. The number of hydrogen-bond donors (Lipinski definition) is 2. The van der Waals surface area contributed by atoms with Crippen molar-refractivity contribution in [2.24, 2.45) is 0 Å². The Hall–Kier alpha value is -1.31. The lowest BCUT2D eigenvalue weighted by atomic mass is 10.1. The maximum absolute atomic E-state index is 11.3. The number of carboxylic acid groups (broad SMARTS) is 1. The molecule has 0 bridgehead atoms. The Labute approximate surface area is 121 Å². The Kier molecular flexibility index (Phi) is 3.34. The normalized spacial score (nSPS) is 14.2. The third-order valence-corrected chi connectivity index (χ3v) is 4.61. The molecule has 0 radical (unpaired) electrons. The maximum atomic E-state index is 11.3. The van der Waals surface area contributed by atoms with E-state index in [1.165, 1.54) is 11.3 Å². The van der Waals surface area contributed by atoms with Crippen LogP contribution < -0.4 is 5.32 Å². The Morgan fingerprint density at radius 3 is 3.00 bits per heavy atom. The van der Waals surface area contributed by atoms with Crippen molar-refractivity contribution in [3.05, 3.63) is 32.9 Å². The summed E-state index contributed by atoms with van der Waals surface area (Å²) in [6.07, 6.45) is 0.734. The second-order valence-corrected chi connectivity index (χ2v) is 6.01. The Balaban J connectivity index is 2.16. The number of halogens is 1. The van der Waals surface area contributed by atoms with Gasteiger partial charge in [-0.25, -0.2) is 14.8 Å². The summed E-state index contributed by atoms with van der Waals surface area (Å²) in [7, 11) is 0. The minimum absolute atomic E-state index is 0.108. The predicted molar refractivity (Wildman–Crippen MR) is 75.4 cm³/mol. The first-order valence-corrected chi connectivity index (χ1v) is 7.40. The average molecular weight is 340 g/mol. The number of thiophene rings is 1. The standard InChI is InChI=1S/C12H10BrN3O2S/c13-6-3-9(19-5-6)11-15-8-1-2-14-4-7(8)10(16-11)12(17)18/h3,5,14H,1-2,4H2,(H,17,18). The zero-order chi connectivity index (χ0) is 13.4. The molecule has 0 aliphatic carbocycles. The molecule has 98 valence electrons. The zero-order valence-electron chi connectivity index (χ0n) is 9.81. The lowest BCUT2D eigenvalue weighted by Gasteiger charge is -2.18. The summed E-state index contributed by atoms with van der Waals surface area (Å²) in [4.78, 5) is 20.9. The summed E-state index contributed by atoms with van der Waals surface area (Å²) in [6, 6.07) is 1.90. The van der Waals surface area contributed by atoms with Gasteiger partial charge in [0.05, 0.1) is 10.6 Å². The summed E-state index contributed by atoms with van der Waals surface area (Å²) in [5.74, 6) is -0.507. The van der Waals surface area contributed by atoms with E-state index in [1.807, 2.05) is 11.4 Å². The molecule has 2 aromatic rings. The first-order chi connectivity index (χ1) is 9.15. The Bertz CT molecular complexity index is 656. The minimum Gasteiger partial charge on any atom is -0.476 e. The van der Waals surface area contributed by atoms with E-state index < -0.39 is 5.97 Å². The van der Waals surface area contributed by atoms with Gasteiger partial charge in [-0.05, 0) is 22.0 Å². The molecular formula is C12H10BrN3O2S. The van der Waals surface area contributed by atoms with Gasteiger partial charge in [-0.15, -0.1) is 11.3 Å². The van der Waals surface area contributed by atoms with E-state index >= 15 is 0 Å². The first-order valence-electron chi connectivity index (χ1n) is 5.73. The van der Waals surface area contributed by atoms with Gasteiger partial charge in [-0.1, -0.05) is 0 Å². The molecule has 0 unspecified atom stereocenters. The number of carbonyl (C=O) groups is 1. The van der Waals surface area contributed by atoms with Crippen LogP contribution in [0.25, 0.3) is 10.7 Å². The molecule has 0 saturated heterocycles. The monoisotopic (exact) mass is 339 g/mol. The Morgan fingerprint density at radius 2 is 2.32 bits per heavy atom. The molecule has 0 saturated carbocycles. The molecule has 7 heteroatoms. The average Bonchev–Trinajstić information content (AvgIpc) is 2.84. The Morgan fingerprint density at radius 1 is 1.47 bits per heavy atom. The topological polar surface area (TPSA) is 75.1 Å². The molecule has 2 N–H and O–H groups in total. The van der Waals surface area contributed by atoms with Gasteiger partial charge in [0.25, 0.3) is 0 Å². The molecule has 0 fully saturated rings. The number of nitrogens with zero attached hydrogens (tertiary/aromatic N) is 2. The van der Waals surface area contributed by atoms with E-state index in [0.717, 1.165) is 28.0 Å². The first kappa shape index (κ1) is 12.7. The number of aromatic carboxylic acids is 1. The fraction of sp³-hybridized carbons (Fsp3) is 0.250. The molecule has 5 nitrogen and oxygen atoms in total. The SMILES string of the molecule is O=C(O)c1nc(-c2cc(Br)cs2)nc2c1CNCC2. The second-order valence-electron chi connectivity index (χ2n) is 4.18. The van der Waals surface area contributed by atoms with Gasteiger partial charge in [-0.2, -0.15) is 0 Å². The highest BCUT2D eigenvalue weighted by molar-refractivity contribution is 9.10. The smallest absolute Gasteiger partial charge is 0.354 e. The molecule has 3 rings (SSSR count). The summed E-state index contributed by atoms with van der Waals surface area (Å²) in [5, 5.41) is 14.4. The summed E-state index contributed by atoms with van der Waals surface area (Å²) in [6.45, 7) is 1.34. The fourth-order valence-corrected chi connectivity index (χ4v) is 3.42. The number of hydrogen-bond acceptors (Lipinski definition) is 5. The van der Waals surface area contributed by atoms with Gasteiger partial charge in [0.15, 0.2) is 11.5 Å². The number of rotatable bonds is 2. The maximum Gasteiger partial charge on any atom is 0.354 e. The van der Waals surface area contributed by atoms with E-state index in [4.69, 9.17) is 0 Å². The van der Waals surface area contributed by atoms with Crippen molar-refractivity contribution in [3.63, 3.8) is 0 Å². The van der Waals surface area contributed by atoms with Gasteiger partial charge < -0.3 is 10.4 Å². The molecule has 0 aromatic carbocycles. The van der Waals surface area contributed by atoms with Crippen LogP contribution in [0.1, 0.15) is 21.7 Å². The molecule has 0 amide bonds. The van der Waals surface area contributed by atoms with Crippen LogP contribution in [-0.4, -0.2) is 27.6 Å². The zero-order valence-corrected chi connectivity index (χ0v) is 12.2. The van der Waals surface area contributed by atoms with E-state index in [9.17, 15) is 9.90 Å². The van der Waals surface area contributed by atoms with Crippen LogP contribution in [-0.2, 0) is 13.0 Å². The van der Waals surface area contributed by atoms with Crippen molar-refractivity contribution < 1.29 is 9.90 Å². The quantitative estimate of drug-likeness (QED) is 0.878. The molecule has 0 spiro atoms. The predicted octanol–water partition coefficient (Wildman–Crippen LogP) is 2.31. The molecule has 2 aromatic heterocycles. The summed E-state index contributed by atoms with van der Waals surface area (Å²) >= 11 is 4.87. The van der Waals surface area contributed by atoms with Crippen molar-refractivity contribution in [2.45, 2.75) is 13.0 Å². The van der Waals surface area contributed by atoms with Crippen molar-refractivity contribution in [1.29, 1.82) is 0 Å². The molecule has 0 atom stereocenters. The highest BCUT2D eigenvalue weighted by Gasteiger charge is 2.22. The molecule has 3 heterocycles. The minimum atomic E-state index is -1.00. The van der Waals surface area contributed by atoms with Gasteiger partial charge >= 0.3 is 5.97 Å². The van der Waals surface area contributed by atoms with Crippen LogP contribution in [0.2, 0.25) is 0 Å². The van der Waals surface area contributed by atoms with E-state index in [1.54, 1.807) is 0 Å². The lowest BCUT2D eigenvalue weighted by Crippen LogP contribution is -2.27. The van der Waals surface area contributed by atoms with Crippen LogP contribution in [0.4, 0.5) is 0 Å². The number of fused-ring (bicyclic) bond motifs is 1. The van der Waals surface area contributed by atoms with Gasteiger partial charge in [-0.3, -0.25) is 0 Å². The second kappa shape index (κ2) is 4.99. The van der Waals surface area contributed by atoms with Crippen molar-refractivity contribution in [1.82, 2.24) is 15.3 Å². The van der Waals surface area contributed by atoms with Crippen LogP contribution >= 0.6 is 27.3 Å². The molecule has 1 aliphatic heterocycles. The van der Waals surface area contributed by atoms with Crippen LogP contribution in [0.3, 0.4) is 0 Å². The van der Waals surface area contributed by atoms with E-state index in [2.05, 4.69) is 31.2 Å². The molecule has 1 aliphatic rings. The largest absolute Gasteiger partial charge is 0.476 e. The number of nitrogens with one attached hydrogen (secondary N) is 1. The van der Waals surface area contributed by atoms with Crippen LogP contribution in [0, 0.1) is 0 Å². The van der Waals surface area contributed by atoms with Crippen LogP contribution in [0.5, 0.6) is 0 Å². The third kappa shape index (κ3) is 2.41. The highest BCUT2D eigenvalue weighted by atomic mass is 79.9. The van der Waals surface area contributed by atoms with Crippen molar-refractivity contribution in [3.8, 4) is 10.7 Å². The third-order valence-electron chi connectivity index (χ3n) is 2.92. The summed E-state index contributed by atoms with van der Waals surface area (Å²) in [5.41, 5.74) is 1.65.